The summed E-state index contributed by atoms with van der Waals surface area (Å²) in [6, 6.07) is 23.1. The Balaban J connectivity index is 0.000000507. The van der Waals surface area contributed by atoms with Crippen LogP contribution in [0.1, 0.15) is 22.8 Å². The molecule has 41 heavy (non-hydrogen) atoms. The topological polar surface area (TPSA) is 90.3 Å². The van der Waals surface area contributed by atoms with Gasteiger partial charge in [0.2, 0.25) is 0 Å². The van der Waals surface area contributed by atoms with E-state index in [2.05, 4.69) is 46.3 Å². The molecule has 216 valence electrons. The van der Waals surface area contributed by atoms with Gasteiger partial charge in [-0.3, -0.25) is 4.90 Å². The van der Waals surface area contributed by atoms with Gasteiger partial charge in [0.25, 0.3) is 0 Å². The van der Waals surface area contributed by atoms with E-state index in [9.17, 15) is 18.4 Å². The van der Waals surface area contributed by atoms with Gasteiger partial charge in [-0.05, 0) is 53.6 Å². The minimum Gasteiger partial charge on any atom is -0.478 e. The maximum Gasteiger partial charge on any atom is 0.328 e. The Morgan fingerprint density at radius 1 is 0.780 bits per heavy atom. The van der Waals surface area contributed by atoms with Crippen molar-refractivity contribution in [2.75, 3.05) is 39.3 Å². The van der Waals surface area contributed by atoms with Crippen LogP contribution in [0.3, 0.4) is 0 Å². The third-order valence-electron chi connectivity index (χ3n) is 6.33. The molecule has 1 aliphatic rings. The molecule has 2 N–H and O–H groups in total. The van der Waals surface area contributed by atoms with Gasteiger partial charge in [-0.2, -0.15) is 0 Å². The average Bonchev–Trinajstić information content (AvgIpc) is 2.97. The second-order valence-electron chi connectivity index (χ2n) is 9.32. The van der Waals surface area contributed by atoms with Gasteiger partial charge >= 0.3 is 11.9 Å². The summed E-state index contributed by atoms with van der Waals surface area (Å²) >= 11 is 0. The van der Waals surface area contributed by atoms with Gasteiger partial charge in [-0.15, -0.1) is 0 Å². The number of halogens is 2. The van der Waals surface area contributed by atoms with E-state index >= 15 is 0 Å². The molecule has 4 rings (SSSR count). The number of allylic oxidation sites excluding steroid dienone is 1. The zero-order valence-electron chi connectivity index (χ0n) is 22.6. The van der Waals surface area contributed by atoms with Crippen molar-refractivity contribution in [3.05, 3.63) is 132 Å². The zero-order chi connectivity index (χ0) is 29.5. The molecule has 0 aromatic heterocycles. The summed E-state index contributed by atoms with van der Waals surface area (Å²) in [5.74, 6) is -3.08. The largest absolute Gasteiger partial charge is 0.478 e. The quantitative estimate of drug-likeness (QED) is 0.311. The first-order valence-corrected chi connectivity index (χ1v) is 13.2. The van der Waals surface area contributed by atoms with Crippen molar-refractivity contribution in [2.24, 2.45) is 0 Å². The number of aliphatic carboxylic acids is 2. The fourth-order valence-electron chi connectivity index (χ4n) is 4.19. The first kappa shape index (κ1) is 31.2. The van der Waals surface area contributed by atoms with Crippen molar-refractivity contribution < 1.29 is 33.3 Å². The van der Waals surface area contributed by atoms with Crippen LogP contribution in [-0.4, -0.2) is 71.3 Å². The van der Waals surface area contributed by atoms with Crippen molar-refractivity contribution in [3.63, 3.8) is 0 Å². The lowest BCUT2D eigenvalue weighted by molar-refractivity contribution is -0.134. The molecular weight excluding hydrogens is 530 g/mol. The van der Waals surface area contributed by atoms with Crippen molar-refractivity contribution >= 4 is 11.9 Å². The minimum atomic E-state index is -1.26. The third kappa shape index (κ3) is 11.7. The van der Waals surface area contributed by atoms with Crippen LogP contribution in [-0.2, 0) is 20.7 Å². The Labute approximate surface area is 238 Å². The zero-order valence-corrected chi connectivity index (χ0v) is 22.6. The van der Waals surface area contributed by atoms with Crippen molar-refractivity contribution in [2.45, 2.75) is 12.5 Å². The Bertz CT molecular complexity index is 1210. The summed E-state index contributed by atoms with van der Waals surface area (Å²) in [5, 5.41) is 15.6. The molecule has 0 atom stereocenters. The van der Waals surface area contributed by atoms with Gasteiger partial charge in [0.05, 0.1) is 6.61 Å². The summed E-state index contributed by atoms with van der Waals surface area (Å²) in [7, 11) is 0. The Morgan fingerprint density at radius 3 is 1.78 bits per heavy atom. The second-order valence-corrected chi connectivity index (χ2v) is 9.32. The number of nitrogens with zero attached hydrogens (tertiary/aromatic N) is 2. The van der Waals surface area contributed by atoms with E-state index in [1.54, 1.807) is 24.3 Å². The molecule has 0 bridgehead atoms. The first-order chi connectivity index (χ1) is 19.8. The standard InChI is InChI=1S/C28H30F2N2O.C4H4O4/c29-26-12-8-24(9-13-26)28(25-10-14-27(30)15-11-25)33-22-21-32-19-17-31(18-20-32)16-4-7-23-5-2-1-3-6-23;5-3(6)1-2-4(7)8/h1-6,8-16,28H,7,17-22H2;1-2H,(H,5,6)(H,7,8)/b16-4+;2-1+. The number of carbonyl (C=O) groups is 2. The lowest BCUT2D eigenvalue weighted by Crippen LogP contribution is -2.45. The number of hydrogen-bond donors (Lipinski definition) is 2. The molecule has 1 saturated heterocycles. The van der Waals surface area contributed by atoms with E-state index in [0.717, 1.165) is 50.3 Å². The molecule has 0 unspecified atom stereocenters. The van der Waals surface area contributed by atoms with Crippen molar-refractivity contribution in [1.29, 1.82) is 0 Å². The van der Waals surface area contributed by atoms with Crippen LogP contribution in [0.4, 0.5) is 8.78 Å². The van der Waals surface area contributed by atoms with Crippen LogP contribution >= 0.6 is 0 Å². The van der Waals surface area contributed by atoms with Crippen molar-refractivity contribution in [3.8, 4) is 0 Å². The molecule has 0 spiro atoms. The molecule has 3 aromatic carbocycles. The number of rotatable bonds is 11. The van der Waals surface area contributed by atoms with Crippen LogP contribution in [0.2, 0.25) is 0 Å². The lowest BCUT2D eigenvalue weighted by atomic mass is 10.0. The number of carboxylic acids is 2. The number of piperazine rings is 1. The molecular formula is C32H34F2N2O5. The Kier molecular flexibility index (Phi) is 12.7. The molecule has 1 fully saturated rings. The summed E-state index contributed by atoms with van der Waals surface area (Å²) in [6.45, 7) is 5.31. The number of carboxylic acid groups (broad SMARTS) is 2. The summed E-state index contributed by atoms with van der Waals surface area (Å²) < 4.78 is 33.0. The van der Waals surface area contributed by atoms with Crippen LogP contribution in [0, 0.1) is 11.6 Å². The van der Waals surface area contributed by atoms with E-state index in [0.29, 0.717) is 18.8 Å². The predicted molar refractivity (Wildman–Crippen MR) is 152 cm³/mol. The minimum absolute atomic E-state index is 0.285. The average molecular weight is 565 g/mol. The Hall–Kier alpha value is -4.34. The maximum absolute atomic E-state index is 13.4. The van der Waals surface area contributed by atoms with E-state index in [1.807, 2.05) is 6.07 Å². The summed E-state index contributed by atoms with van der Waals surface area (Å²) in [4.78, 5) is 23.9. The predicted octanol–water partition coefficient (Wildman–Crippen LogP) is 5.16. The highest BCUT2D eigenvalue weighted by molar-refractivity contribution is 5.89. The number of ether oxygens (including phenoxy) is 1. The monoisotopic (exact) mass is 564 g/mol. The Morgan fingerprint density at radius 2 is 1.29 bits per heavy atom. The number of hydrogen-bond acceptors (Lipinski definition) is 5. The molecule has 1 heterocycles. The van der Waals surface area contributed by atoms with Gasteiger partial charge in [-0.1, -0.05) is 60.7 Å². The van der Waals surface area contributed by atoms with Crippen molar-refractivity contribution in [1.82, 2.24) is 9.80 Å². The smallest absolute Gasteiger partial charge is 0.328 e. The molecule has 9 heteroatoms. The molecule has 3 aromatic rings. The van der Waals surface area contributed by atoms with E-state index in [-0.39, 0.29) is 17.7 Å². The molecule has 0 saturated carbocycles. The highest BCUT2D eigenvalue weighted by Gasteiger charge is 2.18. The number of benzene rings is 3. The van der Waals surface area contributed by atoms with Crippen LogP contribution in [0.25, 0.3) is 0 Å². The van der Waals surface area contributed by atoms with Crippen LogP contribution in [0.15, 0.2) is 103 Å². The first-order valence-electron chi connectivity index (χ1n) is 13.2. The van der Waals surface area contributed by atoms with E-state index in [1.165, 1.54) is 29.8 Å². The van der Waals surface area contributed by atoms with Gasteiger partial charge in [0.15, 0.2) is 0 Å². The molecule has 0 aliphatic carbocycles. The summed E-state index contributed by atoms with van der Waals surface area (Å²) in [6.07, 6.45) is 6.14. The van der Waals surface area contributed by atoms with Crippen LogP contribution < -0.4 is 0 Å². The van der Waals surface area contributed by atoms with Crippen LogP contribution in [0.5, 0.6) is 0 Å². The van der Waals surface area contributed by atoms with Gasteiger partial charge in [0.1, 0.15) is 17.7 Å². The molecule has 7 nitrogen and oxygen atoms in total. The second kappa shape index (κ2) is 16.7. The lowest BCUT2D eigenvalue weighted by Gasteiger charge is -2.34. The molecule has 0 amide bonds. The van der Waals surface area contributed by atoms with E-state index < -0.39 is 11.9 Å². The highest BCUT2D eigenvalue weighted by atomic mass is 19.1. The van der Waals surface area contributed by atoms with E-state index in [4.69, 9.17) is 14.9 Å². The SMILES string of the molecule is Fc1ccc(C(OCCN2CCN(/C=C/Cc3ccccc3)CC2)c2ccc(F)cc2)cc1.O=C(O)/C=C/C(=O)O. The molecule has 0 radical (unpaired) electrons. The van der Waals surface area contributed by atoms with Gasteiger partial charge in [-0.25, -0.2) is 18.4 Å². The highest BCUT2D eigenvalue weighted by Crippen LogP contribution is 2.26. The van der Waals surface area contributed by atoms with Gasteiger partial charge in [0, 0.05) is 44.9 Å². The third-order valence-corrected chi connectivity index (χ3v) is 6.33. The normalized spacial score (nSPS) is 13.9. The fraction of sp³-hybridized carbons (Fsp3) is 0.250. The fourth-order valence-corrected chi connectivity index (χ4v) is 4.19. The maximum atomic E-state index is 13.4. The van der Waals surface area contributed by atoms with Gasteiger partial charge < -0.3 is 19.8 Å². The molecule has 1 aliphatic heterocycles. The summed E-state index contributed by atoms with van der Waals surface area (Å²) in [5.41, 5.74) is 3.04.